The lowest BCUT2D eigenvalue weighted by atomic mass is 9.97. The van der Waals surface area contributed by atoms with Gasteiger partial charge in [-0.3, -0.25) is 4.79 Å². The van der Waals surface area contributed by atoms with Crippen LogP contribution in [0.15, 0.2) is 25.3 Å². The molecular formula is C15H24O4. The lowest BCUT2D eigenvalue weighted by Gasteiger charge is -2.29. The second-order valence-corrected chi connectivity index (χ2v) is 5.14. The smallest absolute Gasteiger partial charge is 0.330 e. The van der Waals surface area contributed by atoms with Crippen molar-refractivity contribution in [2.24, 2.45) is 0 Å². The maximum atomic E-state index is 11.7. The van der Waals surface area contributed by atoms with Gasteiger partial charge in [0.05, 0.1) is 6.61 Å². The number of carbonyl (C=O) groups excluding carboxylic acids is 2. The molecule has 0 amide bonds. The Morgan fingerprint density at radius 1 is 1.16 bits per heavy atom. The van der Waals surface area contributed by atoms with E-state index in [1.807, 2.05) is 6.92 Å². The zero-order valence-electron chi connectivity index (χ0n) is 12.3. The minimum atomic E-state index is -0.861. The minimum absolute atomic E-state index is 0.143. The van der Waals surface area contributed by atoms with E-state index < -0.39 is 17.2 Å². The summed E-state index contributed by atoms with van der Waals surface area (Å²) in [5, 5.41) is 0. The largest absolute Gasteiger partial charge is 0.456 e. The first-order chi connectivity index (χ1) is 8.70. The summed E-state index contributed by atoms with van der Waals surface area (Å²) in [7, 11) is 0. The molecule has 0 spiro atoms. The molecular weight excluding hydrogens is 244 g/mol. The summed E-state index contributed by atoms with van der Waals surface area (Å²) in [5.41, 5.74) is -1.52. The summed E-state index contributed by atoms with van der Waals surface area (Å²) in [6.45, 7) is 14.3. The van der Waals surface area contributed by atoms with Crippen molar-refractivity contribution >= 4 is 11.8 Å². The second kappa shape index (κ2) is 7.24. The first-order valence-electron chi connectivity index (χ1n) is 6.37. The molecule has 0 fully saturated rings. The average molecular weight is 268 g/mol. The van der Waals surface area contributed by atoms with Gasteiger partial charge >= 0.3 is 5.97 Å². The third-order valence-electron chi connectivity index (χ3n) is 3.05. The van der Waals surface area contributed by atoms with E-state index in [4.69, 9.17) is 9.47 Å². The third kappa shape index (κ3) is 5.83. The SMILES string of the molecule is C=CC(=O)OC(C)(C)CCOC(C)(CC)C(=O)C=C. The van der Waals surface area contributed by atoms with Crippen LogP contribution in [0.3, 0.4) is 0 Å². The number of ether oxygens (including phenoxy) is 2. The molecule has 0 aliphatic carbocycles. The summed E-state index contributed by atoms with van der Waals surface area (Å²) in [6, 6.07) is 0. The van der Waals surface area contributed by atoms with E-state index in [1.54, 1.807) is 20.8 Å². The fourth-order valence-electron chi connectivity index (χ4n) is 1.45. The Labute approximate surface area is 115 Å². The topological polar surface area (TPSA) is 52.6 Å². The van der Waals surface area contributed by atoms with E-state index in [9.17, 15) is 9.59 Å². The molecule has 0 aliphatic heterocycles. The molecule has 0 rings (SSSR count). The van der Waals surface area contributed by atoms with Crippen LogP contribution in [0.5, 0.6) is 0 Å². The van der Waals surface area contributed by atoms with Crippen LogP contribution in [0.2, 0.25) is 0 Å². The highest BCUT2D eigenvalue weighted by molar-refractivity contribution is 5.96. The molecule has 0 radical (unpaired) electrons. The first kappa shape index (κ1) is 17.6. The maximum absolute atomic E-state index is 11.7. The molecule has 0 aliphatic rings. The minimum Gasteiger partial charge on any atom is -0.456 e. The number of carbonyl (C=O) groups is 2. The highest BCUT2D eigenvalue weighted by atomic mass is 16.6. The molecule has 0 aromatic rings. The molecule has 1 unspecified atom stereocenters. The number of rotatable bonds is 9. The zero-order chi connectivity index (χ0) is 15.1. The van der Waals surface area contributed by atoms with E-state index in [1.165, 1.54) is 6.08 Å². The lowest BCUT2D eigenvalue weighted by Crippen LogP contribution is -2.38. The molecule has 4 nitrogen and oxygen atoms in total. The Balaban J connectivity index is 4.41. The van der Waals surface area contributed by atoms with Crippen LogP contribution in [0.4, 0.5) is 0 Å². The predicted octanol–water partition coefficient (Wildman–Crippen LogP) is 2.82. The van der Waals surface area contributed by atoms with E-state index >= 15 is 0 Å². The Morgan fingerprint density at radius 2 is 1.74 bits per heavy atom. The van der Waals surface area contributed by atoms with Crippen molar-refractivity contribution in [2.75, 3.05) is 6.61 Å². The van der Waals surface area contributed by atoms with Crippen LogP contribution < -0.4 is 0 Å². The Morgan fingerprint density at radius 3 is 2.16 bits per heavy atom. The van der Waals surface area contributed by atoms with Crippen LogP contribution in [0.25, 0.3) is 0 Å². The summed E-state index contributed by atoms with van der Waals surface area (Å²) in [4.78, 5) is 22.9. The van der Waals surface area contributed by atoms with Gasteiger partial charge in [0.15, 0.2) is 5.78 Å². The summed E-state index contributed by atoms with van der Waals surface area (Å²) in [5.74, 6) is -0.610. The molecule has 0 aromatic carbocycles. The monoisotopic (exact) mass is 268 g/mol. The molecule has 0 heterocycles. The summed E-state index contributed by atoms with van der Waals surface area (Å²) in [6.07, 6.45) is 3.45. The zero-order valence-corrected chi connectivity index (χ0v) is 12.3. The first-order valence-corrected chi connectivity index (χ1v) is 6.37. The summed E-state index contributed by atoms with van der Waals surface area (Å²) < 4.78 is 10.8. The standard InChI is InChI=1S/C15H24O4/c1-7-12(16)15(6,9-3)18-11-10-14(4,5)19-13(17)8-2/h7-8H,1-2,9-11H2,3-6H3. The van der Waals surface area contributed by atoms with Gasteiger partial charge < -0.3 is 9.47 Å². The molecule has 0 aromatic heterocycles. The van der Waals surface area contributed by atoms with E-state index in [0.29, 0.717) is 19.4 Å². The summed E-state index contributed by atoms with van der Waals surface area (Å²) >= 11 is 0. The van der Waals surface area contributed by atoms with Gasteiger partial charge in [-0.2, -0.15) is 0 Å². The Hall–Kier alpha value is -1.42. The molecule has 108 valence electrons. The highest BCUT2D eigenvalue weighted by Gasteiger charge is 2.31. The van der Waals surface area contributed by atoms with Crippen molar-refractivity contribution in [3.63, 3.8) is 0 Å². The lowest BCUT2D eigenvalue weighted by molar-refractivity contribution is -0.155. The molecule has 1 atom stereocenters. The van der Waals surface area contributed by atoms with Gasteiger partial charge in [-0.15, -0.1) is 0 Å². The third-order valence-corrected chi connectivity index (χ3v) is 3.05. The maximum Gasteiger partial charge on any atom is 0.330 e. The van der Waals surface area contributed by atoms with Gasteiger partial charge in [0.2, 0.25) is 0 Å². The number of hydrogen-bond acceptors (Lipinski definition) is 4. The van der Waals surface area contributed by atoms with Gasteiger partial charge in [-0.05, 0) is 33.3 Å². The van der Waals surface area contributed by atoms with Crippen molar-refractivity contribution in [3.05, 3.63) is 25.3 Å². The van der Waals surface area contributed by atoms with E-state index in [0.717, 1.165) is 6.08 Å². The predicted molar refractivity (Wildman–Crippen MR) is 74.8 cm³/mol. The second-order valence-electron chi connectivity index (χ2n) is 5.14. The van der Waals surface area contributed by atoms with Gasteiger partial charge in [-0.1, -0.05) is 20.1 Å². The fourth-order valence-corrected chi connectivity index (χ4v) is 1.45. The molecule has 4 heteroatoms. The van der Waals surface area contributed by atoms with Crippen molar-refractivity contribution in [1.82, 2.24) is 0 Å². The van der Waals surface area contributed by atoms with E-state index in [2.05, 4.69) is 13.2 Å². The number of hydrogen-bond donors (Lipinski definition) is 0. The molecule has 0 saturated carbocycles. The van der Waals surface area contributed by atoms with Gasteiger partial charge in [-0.25, -0.2) is 4.79 Å². The van der Waals surface area contributed by atoms with Gasteiger partial charge in [0.25, 0.3) is 0 Å². The quantitative estimate of drug-likeness (QED) is 0.476. The normalized spacial score (nSPS) is 14.3. The highest BCUT2D eigenvalue weighted by Crippen LogP contribution is 2.21. The molecule has 19 heavy (non-hydrogen) atoms. The van der Waals surface area contributed by atoms with Crippen LogP contribution in [-0.2, 0) is 19.1 Å². The molecule has 0 N–H and O–H groups in total. The van der Waals surface area contributed by atoms with Crippen LogP contribution >= 0.6 is 0 Å². The van der Waals surface area contributed by atoms with Crippen molar-refractivity contribution in [2.45, 2.75) is 51.7 Å². The Kier molecular flexibility index (Phi) is 6.70. The van der Waals surface area contributed by atoms with Crippen molar-refractivity contribution < 1.29 is 19.1 Å². The van der Waals surface area contributed by atoms with Crippen molar-refractivity contribution in [3.8, 4) is 0 Å². The van der Waals surface area contributed by atoms with Crippen LogP contribution in [-0.4, -0.2) is 29.6 Å². The Bertz CT molecular complexity index is 357. The average Bonchev–Trinajstić information content (AvgIpc) is 2.36. The van der Waals surface area contributed by atoms with Crippen LogP contribution in [0, 0.1) is 0 Å². The molecule has 0 saturated heterocycles. The number of esters is 1. The fraction of sp³-hybridized carbons (Fsp3) is 0.600. The molecule has 0 bridgehead atoms. The van der Waals surface area contributed by atoms with Crippen molar-refractivity contribution in [1.29, 1.82) is 0 Å². The van der Waals surface area contributed by atoms with Gasteiger partial charge in [0, 0.05) is 12.5 Å². The number of ketones is 1. The van der Waals surface area contributed by atoms with Crippen LogP contribution in [0.1, 0.15) is 40.5 Å². The van der Waals surface area contributed by atoms with Gasteiger partial charge in [0.1, 0.15) is 11.2 Å². The van der Waals surface area contributed by atoms with E-state index in [-0.39, 0.29) is 5.78 Å².